The summed E-state index contributed by atoms with van der Waals surface area (Å²) in [6.07, 6.45) is 3.50. The SMILES string of the molecule is S=c1[nH]c2cnccc2n1-c1ccc(Cl)cc1Br. The van der Waals surface area contributed by atoms with Gasteiger partial charge in [0, 0.05) is 15.7 Å². The van der Waals surface area contributed by atoms with Crippen molar-refractivity contribution in [3.63, 3.8) is 0 Å². The Morgan fingerprint density at radius 2 is 2.17 bits per heavy atom. The van der Waals surface area contributed by atoms with Crippen molar-refractivity contribution in [2.24, 2.45) is 0 Å². The van der Waals surface area contributed by atoms with Crippen molar-refractivity contribution in [3.05, 3.63) is 50.9 Å². The molecule has 0 amide bonds. The van der Waals surface area contributed by atoms with Crippen LogP contribution in [0.15, 0.2) is 41.1 Å². The van der Waals surface area contributed by atoms with Crippen molar-refractivity contribution in [1.29, 1.82) is 0 Å². The van der Waals surface area contributed by atoms with Gasteiger partial charge in [-0.15, -0.1) is 0 Å². The first-order valence-corrected chi connectivity index (χ1v) is 6.75. The summed E-state index contributed by atoms with van der Waals surface area (Å²) in [6, 6.07) is 7.53. The molecule has 3 rings (SSSR count). The Hall–Kier alpha value is -1.17. The molecule has 90 valence electrons. The standard InChI is InChI=1S/C12H7BrClN3S/c13-8-5-7(14)1-2-10(8)17-11-3-4-15-6-9(11)16-12(17)18/h1-6H,(H,16,18). The van der Waals surface area contributed by atoms with Gasteiger partial charge in [0.15, 0.2) is 4.77 Å². The first-order valence-electron chi connectivity index (χ1n) is 5.17. The molecule has 1 aromatic carbocycles. The first-order chi connectivity index (χ1) is 8.66. The summed E-state index contributed by atoms with van der Waals surface area (Å²) in [5.74, 6) is 0. The van der Waals surface area contributed by atoms with Gasteiger partial charge >= 0.3 is 0 Å². The largest absolute Gasteiger partial charge is 0.329 e. The zero-order valence-corrected chi connectivity index (χ0v) is 12.2. The zero-order chi connectivity index (χ0) is 12.7. The molecule has 0 saturated heterocycles. The van der Waals surface area contributed by atoms with E-state index >= 15 is 0 Å². The van der Waals surface area contributed by atoms with E-state index in [0.29, 0.717) is 9.79 Å². The van der Waals surface area contributed by atoms with Crippen LogP contribution < -0.4 is 0 Å². The van der Waals surface area contributed by atoms with Crippen LogP contribution in [0.5, 0.6) is 0 Å². The molecule has 0 bridgehead atoms. The molecule has 0 fully saturated rings. The summed E-state index contributed by atoms with van der Waals surface area (Å²) < 4.78 is 3.47. The van der Waals surface area contributed by atoms with E-state index in [1.807, 2.05) is 28.8 Å². The Labute approximate surface area is 122 Å². The zero-order valence-electron chi connectivity index (χ0n) is 9.02. The fourth-order valence-electron chi connectivity index (χ4n) is 1.86. The third-order valence-electron chi connectivity index (χ3n) is 2.63. The Morgan fingerprint density at radius 1 is 1.33 bits per heavy atom. The molecule has 2 heterocycles. The van der Waals surface area contributed by atoms with Crippen LogP contribution >= 0.6 is 39.7 Å². The Bertz CT molecular complexity index is 793. The van der Waals surface area contributed by atoms with E-state index in [0.717, 1.165) is 21.2 Å². The molecule has 3 nitrogen and oxygen atoms in total. The number of rotatable bonds is 1. The van der Waals surface area contributed by atoms with E-state index in [4.69, 9.17) is 23.8 Å². The summed E-state index contributed by atoms with van der Waals surface area (Å²) in [5.41, 5.74) is 2.84. The van der Waals surface area contributed by atoms with Gasteiger partial charge < -0.3 is 4.98 Å². The number of fused-ring (bicyclic) bond motifs is 1. The highest BCUT2D eigenvalue weighted by atomic mass is 79.9. The van der Waals surface area contributed by atoms with Crippen LogP contribution in [0.25, 0.3) is 16.7 Å². The number of aromatic amines is 1. The second kappa shape index (κ2) is 4.50. The molecular weight excluding hydrogens is 334 g/mol. The normalized spacial score (nSPS) is 11.0. The van der Waals surface area contributed by atoms with Crippen LogP contribution in [0.1, 0.15) is 0 Å². The second-order valence-electron chi connectivity index (χ2n) is 3.75. The number of nitrogens with zero attached hydrogens (tertiary/aromatic N) is 2. The van der Waals surface area contributed by atoms with Crippen molar-refractivity contribution >= 4 is 50.8 Å². The van der Waals surface area contributed by atoms with Gasteiger partial charge in [-0.3, -0.25) is 9.55 Å². The van der Waals surface area contributed by atoms with Gasteiger partial charge in [0.05, 0.1) is 22.9 Å². The van der Waals surface area contributed by atoms with Gasteiger partial charge in [-0.25, -0.2) is 0 Å². The van der Waals surface area contributed by atoms with Crippen molar-refractivity contribution in [3.8, 4) is 5.69 Å². The van der Waals surface area contributed by atoms with Gasteiger partial charge in [0.2, 0.25) is 0 Å². The molecule has 0 aliphatic rings. The number of H-pyrrole nitrogens is 1. The molecule has 1 N–H and O–H groups in total. The lowest BCUT2D eigenvalue weighted by Crippen LogP contribution is -1.95. The molecule has 18 heavy (non-hydrogen) atoms. The molecule has 0 saturated carbocycles. The maximum absolute atomic E-state index is 5.95. The fraction of sp³-hybridized carbons (Fsp3) is 0. The van der Waals surface area contributed by atoms with Crippen LogP contribution in [0, 0.1) is 4.77 Å². The minimum atomic E-state index is 0.626. The highest BCUT2D eigenvalue weighted by Crippen LogP contribution is 2.27. The van der Waals surface area contributed by atoms with Crippen molar-refractivity contribution in [2.75, 3.05) is 0 Å². The van der Waals surface area contributed by atoms with E-state index in [-0.39, 0.29) is 0 Å². The number of aromatic nitrogens is 3. The summed E-state index contributed by atoms with van der Waals surface area (Å²) in [7, 11) is 0. The van der Waals surface area contributed by atoms with Crippen LogP contribution in [0.4, 0.5) is 0 Å². The summed E-state index contributed by atoms with van der Waals surface area (Å²) >= 11 is 14.8. The average molecular weight is 341 g/mol. The molecule has 0 unspecified atom stereocenters. The van der Waals surface area contributed by atoms with Crippen molar-refractivity contribution < 1.29 is 0 Å². The van der Waals surface area contributed by atoms with E-state index in [1.54, 1.807) is 12.4 Å². The average Bonchev–Trinajstić information content (AvgIpc) is 2.66. The van der Waals surface area contributed by atoms with Gasteiger partial charge in [0.1, 0.15) is 0 Å². The molecule has 0 atom stereocenters. The fourth-order valence-corrected chi connectivity index (χ4v) is 3.03. The molecular formula is C12H7BrClN3S. The third kappa shape index (κ3) is 1.88. The number of imidazole rings is 1. The number of hydrogen-bond donors (Lipinski definition) is 1. The topological polar surface area (TPSA) is 33.6 Å². The van der Waals surface area contributed by atoms with Crippen molar-refractivity contribution in [2.45, 2.75) is 0 Å². The lowest BCUT2D eigenvalue weighted by molar-refractivity contribution is 1.06. The maximum Gasteiger partial charge on any atom is 0.182 e. The van der Waals surface area contributed by atoms with Crippen LogP contribution in [-0.2, 0) is 0 Å². The quantitative estimate of drug-likeness (QED) is 0.662. The molecule has 0 radical (unpaired) electrons. The van der Waals surface area contributed by atoms with Crippen molar-refractivity contribution in [1.82, 2.24) is 14.5 Å². The van der Waals surface area contributed by atoms with Gasteiger partial charge in [0.25, 0.3) is 0 Å². The highest BCUT2D eigenvalue weighted by molar-refractivity contribution is 9.10. The molecule has 0 spiro atoms. The van der Waals surface area contributed by atoms with E-state index in [1.165, 1.54) is 0 Å². The number of benzene rings is 1. The predicted octanol–water partition coefficient (Wildman–Crippen LogP) is 4.50. The van der Waals surface area contributed by atoms with E-state index in [9.17, 15) is 0 Å². The lowest BCUT2D eigenvalue weighted by atomic mass is 10.3. The molecule has 0 aliphatic heterocycles. The van der Waals surface area contributed by atoms with Crippen LogP contribution in [0.3, 0.4) is 0 Å². The van der Waals surface area contributed by atoms with Gasteiger partial charge in [-0.1, -0.05) is 11.6 Å². The summed E-state index contributed by atoms with van der Waals surface area (Å²) in [6.45, 7) is 0. The molecule has 6 heteroatoms. The monoisotopic (exact) mass is 339 g/mol. The molecule has 0 aliphatic carbocycles. The van der Waals surface area contributed by atoms with E-state index < -0.39 is 0 Å². The predicted molar refractivity (Wildman–Crippen MR) is 79.0 cm³/mol. The second-order valence-corrected chi connectivity index (χ2v) is 5.43. The highest BCUT2D eigenvalue weighted by Gasteiger charge is 2.09. The van der Waals surface area contributed by atoms with Crippen LogP contribution in [0.2, 0.25) is 5.02 Å². The summed E-state index contributed by atoms with van der Waals surface area (Å²) in [4.78, 5) is 7.20. The van der Waals surface area contributed by atoms with Gasteiger partial charge in [-0.05, 0) is 52.4 Å². The third-order valence-corrected chi connectivity index (χ3v) is 3.79. The summed E-state index contributed by atoms with van der Waals surface area (Å²) in [5, 5.41) is 0.679. The number of pyridine rings is 1. The Balaban J connectivity index is 2.38. The Kier molecular flexibility index (Phi) is 2.97. The van der Waals surface area contributed by atoms with E-state index in [2.05, 4.69) is 25.9 Å². The molecule has 3 aromatic rings. The Morgan fingerprint density at radius 3 is 2.94 bits per heavy atom. The first kappa shape index (κ1) is 11.9. The lowest BCUT2D eigenvalue weighted by Gasteiger charge is -2.07. The minimum absolute atomic E-state index is 0.626. The number of nitrogens with one attached hydrogen (secondary N) is 1. The minimum Gasteiger partial charge on any atom is -0.329 e. The smallest absolute Gasteiger partial charge is 0.182 e. The molecule has 2 aromatic heterocycles. The van der Waals surface area contributed by atoms with Gasteiger partial charge in [-0.2, -0.15) is 0 Å². The van der Waals surface area contributed by atoms with Crippen LogP contribution in [-0.4, -0.2) is 14.5 Å². The number of hydrogen-bond acceptors (Lipinski definition) is 2. The maximum atomic E-state index is 5.95. The number of halogens is 2.